The first-order valence-electron chi connectivity index (χ1n) is 10.3. The highest BCUT2D eigenvalue weighted by atomic mass is 19.4. The van der Waals surface area contributed by atoms with Gasteiger partial charge in [-0.15, -0.1) is 0 Å². The van der Waals surface area contributed by atoms with E-state index in [0.29, 0.717) is 22.5 Å². The van der Waals surface area contributed by atoms with E-state index in [4.69, 9.17) is 4.42 Å². The Morgan fingerprint density at radius 3 is 2.09 bits per heavy atom. The van der Waals surface area contributed by atoms with Crippen LogP contribution in [0.3, 0.4) is 0 Å². The van der Waals surface area contributed by atoms with Gasteiger partial charge in [0, 0.05) is 22.5 Å². The highest BCUT2D eigenvalue weighted by molar-refractivity contribution is 6.06. The molecule has 0 bridgehead atoms. The number of hydrogen-bond acceptors (Lipinski definition) is 3. The van der Waals surface area contributed by atoms with Crippen molar-refractivity contribution in [3.63, 3.8) is 0 Å². The van der Waals surface area contributed by atoms with Crippen LogP contribution in [0.15, 0.2) is 89.3 Å². The smallest absolute Gasteiger partial charge is 0.416 e. The lowest BCUT2D eigenvalue weighted by atomic mass is 10.1. The molecular weight excluding hydrogens is 445 g/mol. The number of furan rings is 1. The summed E-state index contributed by atoms with van der Waals surface area (Å²) in [5, 5.41) is 5.53. The molecule has 1 heterocycles. The number of amides is 2. The molecule has 0 fully saturated rings. The molecule has 34 heavy (non-hydrogen) atoms. The lowest BCUT2D eigenvalue weighted by molar-refractivity contribution is -0.137. The molecule has 0 saturated carbocycles. The Morgan fingerprint density at radius 1 is 0.765 bits per heavy atom. The van der Waals surface area contributed by atoms with Crippen molar-refractivity contribution in [2.45, 2.75) is 13.1 Å². The van der Waals surface area contributed by atoms with Gasteiger partial charge in [-0.2, -0.15) is 13.2 Å². The summed E-state index contributed by atoms with van der Waals surface area (Å²) in [6.07, 6.45) is -4.48. The molecule has 4 rings (SSSR count). The standard InChI is InChI=1S/C26H19F3N2O3/c1-16-20(30-24(32)17-7-3-2-4-8-17)11-6-12-21(16)31-25(33)23-14-13-22(34-23)18-9-5-10-19(15-18)26(27,28)29/h2-15H,1H3,(H,30,32)(H,31,33). The molecule has 0 atom stereocenters. The summed E-state index contributed by atoms with van der Waals surface area (Å²) >= 11 is 0. The first kappa shape index (κ1) is 22.8. The zero-order chi connectivity index (χ0) is 24.3. The Labute approximate surface area is 193 Å². The van der Waals surface area contributed by atoms with Crippen molar-refractivity contribution in [1.29, 1.82) is 0 Å². The maximum absolute atomic E-state index is 13.0. The number of nitrogens with one attached hydrogen (secondary N) is 2. The number of carbonyl (C=O) groups excluding carboxylic acids is 2. The quantitative estimate of drug-likeness (QED) is 0.342. The summed E-state index contributed by atoms with van der Waals surface area (Å²) in [6, 6.07) is 21.3. The molecule has 172 valence electrons. The van der Waals surface area contributed by atoms with Crippen molar-refractivity contribution in [3.05, 3.63) is 107 Å². The van der Waals surface area contributed by atoms with E-state index in [9.17, 15) is 22.8 Å². The van der Waals surface area contributed by atoms with Crippen LogP contribution in [0, 0.1) is 6.92 Å². The van der Waals surface area contributed by atoms with E-state index in [1.165, 1.54) is 24.3 Å². The van der Waals surface area contributed by atoms with Gasteiger partial charge in [0.05, 0.1) is 5.56 Å². The lowest BCUT2D eigenvalue weighted by Gasteiger charge is -2.13. The molecule has 3 aromatic carbocycles. The van der Waals surface area contributed by atoms with E-state index in [-0.39, 0.29) is 23.0 Å². The van der Waals surface area contributed by atoms with E-state index < -0.39 is 17.6 Å². The van der Waals surface area contributed by atoms with Gasteiger partial charge in [-0.25, -0.2) is 0 Å². The molecule has 0 aliphatic carbocycles. The van der Waals surface area contributed by atoms with Crippen LogP contribution < -0.4 is 10.6 Å². The lowest BCUT2D eigenvalue weighted by Crippen LogP contribution is -2.15. The molecule has 1 aromatic heterocycles. The molecule has 0 spiro atoms. The van der Waals surface area contributed by atoms with Crippen molar-refractivity contribution in [3.8, 4) is 11.3 Å². The number of hydrogen-bond donors (Lipinski definition) is 2. The molecule has 4 aromatic rings. The third-order valence-electron chi connectivity index (χ3n) is 5.17. The number of rotatable bonds is 5. The van der Waals surface area contributed by atoms with E-state index in [0.717, 1.165) is 12.1 Å². The third-order valence-corrected chi connectivity index (χ3v) is 5.17. The van der Waals surface area contributed by atoms with Crippen LogP contribution in [0.4, 0.5) is 24.5 Å². The predicted molar refractivity (Wildman–Crippen MR) is 123 cm³/mol. The Morgan fingerprint density at radius 2 is 1.41 bits per heavy atom. The fourth-order valence-electron chi connectivity index (χ4n) is 3.34. The summed E-state index contributed by atoms with van der Waals surface area (Å²) < 4.78 is 44.5. The van der Waals surface area contributed by atoms with Crippen LogP contribution >= 0.6 is 0 Å². The zero-order valence-corrected chi connectivity index (χ0v) is 17.9. The normalized spacial score (nSPS) is 11.2. The van der Waals surface area contributed by atoms with Crippen molar-refractivity contribution >= 4 is 23.2 Å². The van der Waals surface area contributed by atoms with Gasteiger partial charge >= 0.3 is 6.18 Å². The van der Waals surface area contributed by atoms with Crippen LogP contribution in [0.2, 0.25) is 0 Å². The van der Waals surface area contributed by atoms with Crippen LogP contribution in [0.25, 0.3) is 11.3 Å². The molecule has 0 aliphatic rings. The summed E-state index contributed by atoms with van der Waals surface area (Å²) in [4.78, 5) is 25.2. The Bertz CT molecular complexity index is 1340. The summed E-state index contributed by atoms with van der Waals surface area (Å²) in [6.45, 7) is 1.74. The highest BCUT2D eigenvalue weighted by Crippen LogP contribution is 2.33. The van der Waals surface area contributed by atoms with Gasteiger partial charge in [0.1, 0.15) is 5.76 Å². The molecule has 8 heteroatoms. The molecule has 0 saturated heterocycles. The Hall–Kier alpha value is -4.33. The fourth-order valence-corrected chi connectivity index (χ4v) is 3.34. The van der Waals surface area contributed by atoms with Crippen molar-refractivity contribution in [2.75, 3.05) is 10.6 Å². The first-order valence-corrected chi connectivity index (χ1v) is 10.3. The minimum absolute atomic E-state index is 0.0643. The van der Waals surface area contributed by atoms with E-state index >= 15 is 0 Å². The molecule has 2 amide bonds. The van der Waals surface area contributed by atoms with Gasteiger partial charge in [-0.3, -0.25) is 9.59 Å². The van der Waals surface area contributed by atoms with E-state index in [2.05, 4.69) is 10.6 Å². The zero-order valence-electron chi connectivity index (χ0n) is 17.9. The second-order valence-electron chi connectivity index (χ2n) is 7.49. The SMILES string of the molecule is Cc1c(NC(=O)c2ccccc2)cccc1NC(=O)c1ccc(-c2cccc(C(F)(F)F)c2)o1. The second kappa shape index (κ2) is 9.27. The van der Waals surface area contributed by atoms with Crippen LogP contribution in [-0.4, -0.2) is 11.8 Å². The molecule has 0 unspecified atom stereocenters. The maximum Gasteiger partial charge on any atom is 0.416 e. The second-order valence-corrected chi connectivity index (χ2v) is 7.49. The fraction of sp³-hybridized carbons (Fsp3) is 0.0769. The van der Waals surface area contributed by atoms with Crippen LogP contribution in [0.5, 0.6) is 0 Å². The number of halogens is 3. The van der Waals surface area contributed by atoms with Crippen molar-refractivity contribution < 1.29 is 27.2 Å². The van der Waals surface area contributed by atoms with Crippen LogP contribution in [0.1, 0.15) is 32.0 Å². The number of anilines is 2. The largest absolute Gasteiger partial charge is 0.451 e. The van der Waals surface area contributed by atoms with Crippen molar-refractivity contribution in [2.24, 2.45) is 0 Å². The Kier molecular flexibility index (Phi) is 6.23. The minimum atomic E-state index is -4.48. The van der Waals surface area contributed by atoms with Crippen LogP contribution in [-0.2, 0) is 6.18 Å². The number of carbonyl (C=O) groups is 2. The monoisotopic (exact) mass is 464 g/mol. The molecule has 0 radical (unpaired) electrons. The van der Waals surface area contributed by atoms with Crippen molar-refractivity contribution in [1.82, 2.24) is 0 Å². The van der Waals surface area contributed by atoms with Gasteiger partial charge in [0.15, 0.2) is 5.76 Å². The highest BCUT2D eigenvalue weighted by Gasteiger charge is 2.30. The summed E-state index contributed by atoms with van der Waals surface area (Å²) in [5.41, 5.74) is 1.50. The number of alkyl halides is 3. The first-order chi connectivity index (χ1) is 16.2. The van der Waals surface area contributed by atoms with E-state index in [1.54, 1.807) is 49.4 Å². The Balaban J connectivity index is 1.50. The molecule has 0 aliphatic heterocycles. The van der Waals surface area contributed by atoms with Gasteiger partial charge in [-0.1, -0.05) is 36.4 Å². The summed E-state index contributed by atoms with van der Waals surface area (Å²) in [5.74, 6) is -0.792. The average Bonchev–Trinajstić information content (AvgIpc) is 3.32. The molecular formula is C26H19F3N2O3. The topological polar surface area (TPSA) is 71.3 Å². The molecule has 2 N–H and O–H groups in total. The maximum atomic E-state index is 13.0. The summed E-state index contributed by atoms with van der Waals surface area (Å²) in [7, 11) is 0. The number of benzene rings is 3. The van der Waals surface area contributed by atoms with E-state index in [1.807, 2.05) is 6.07 Å². The predicted octanol–water partition coefficient (Wildman–Crippen LogP) is 6.78. The average molecular weight is 464 g/mol. The van der Waals surface area contributed by atoms with Gasteiger partial charge in [0.2, 0.25) is 0 Å². The van der Waals surface area contributed by atoms with Gasteiger partial charge in [0.25, 0.3) is 11.8 Å². The molecule has 5 nitrogen and oxygen atoms in total. The third kappa shape index (κ3) is 5.01. The van der Waals surface area contributed by atoms with Gasteiger partial charge < -0.3 is 15.1 Å². The van der Waals surface area contributed by atoms with Gasteiger partial charge in [-0.05, 0) is 61.0 Å². The minimum Gasteiger partial charge on any atom is -0.451 e.